The molecule has 0 radical (unpaired) electrons. The average molecular weight is 309 g/mol. The van der Waals surface area contributed by atoms with Crippen LogP contribution in [0.5, 0.6) is 5.75 Å². The van der Waals surface area contributed by atoms with Crippen LogP contribution in [-0.4, -0.2) is 12.5 Å². The number of rotatable bonds is 5. The maximum atomic E-state index is 12.8. The highest BCUT2D eigenvalue weighted by Crippen LogP contribution is 2.35. The van der Waals surface area contributed by atoms with Crippen LogP contribution in [0, 0.1) is 0 Å². The van der Waals surface area contributed by atoms with Crippen LogP contribution in [0.25, 0.3) is 0 Å². The molecule has 0 saturated heterocycles. The molecule has 3 nitrogen and oxygen atoms in total. The minimum atomic E-state index is -4.52. The van der Waals surface area contributed by atoms with Gasteiger partial charge in [-0.25, -0.2) is 0 Å². The van der Waals surface area contributed by atoms with Crippen molar-refractivity contribution < 1.29 is 22.7 Å². The molecule has 0 aliphatic heterocycles. The van der Waals surface area contributed by atoms with E-state index in [0.717, 1.165) is 11.6 Å². The Kier molecular flexibility index (Phi) is 5.04. The van der Waals surface area contributed by atoms with Crippen LogP contribution in [0.15, 0.2) is 54.6 Å². The summed E-state index contributed by atoms with van der Waals surface area (Å²) in [5.41, 5.74) is -0.00241. The quantitative estimate of drug-likeness (QED) is 0.919. The van der Waals surface area contributed by atoms with Crippen LogP contribution in [-0.2, 0) is 17.5 Å². The van der Waals surface area contributed by atoms with Gasteiger partial charge in [0.25, 0.3) is 5.91 Å². The van der Waals surface area contributed by atoms with Gasteiger partial charge in [-0.05, 0) is 17.7 Å². The van der Waals surface area contributed by atoms with Crippen molar-refractivity contribution in [1.82, 2.24) is 5.32 Å². The molecule has 0 heterocycles. The predicted molar refractivity (Wildman–Crippen MR) is 75.2 cm³/mol. The third-order valence-electron chi connectivity index (χ3n) is 2.88. The number of hydrogen-bond acceptors (Lipinski definition) is 2. The Morgan fingerprint density at radius 1 is 1.00 bits per heavy atom. The second kappa shape index (κ2) is 6.98. The summed E-state index contributed by atoms with van der Waals surface area (Å²) in [6.07, 6.45) is -4.52. The predicted octanol–water partition coefficient (Wildman–Crippen LogP) is 3.40. The van der Waals surface area contributed by atoms with Gasteiger partial charge in [0.15, 0.2) is 6.61 Å². The number of benzene rings is 2. The normalized spacial score (nSPS) is 11.0. The van der Waals surface area contributed by atoms with Crippen molar-refractivity contribution in [2.24, 2.45) is 0 Å². The molecule has 116 valence electrons. The topological polar surface area (TPSA) is 38.3 Å². The fraction of sp³-hybridized carbons (Fsp3) is 0.188. The van der Waals surface area contributed by atoms with Crippen LogP contribution in [0.2, 0.25) is 0 Å². The van der Waals surface area contributed by atoms with E-state index in [2.05, 4.69) is 5.32 Å². The zero-order valence-electron chi connectivity index (χ0n) is 11.6. The van der Waals surface area contributed by atoms with Crippen molar-refractivity contribution in [3.8, 4) is 5.75 Å². The third kappa shape index (κ3) is 4.51. The van der Waals surface area contributed by atoms with Crippen molar-refractivity contribution in [1.29, 1.82) is 0 Å². The smallest absolute Gasteiger partial charge is 0.419 e. The number of ether oxygens (including phenoxy) is 1. The molecule has 2 aromatic carbocycles. The van der Waals surface area contributed by atoms with E-state index in [-0.39, 0.29) is 5.75 Å². The van der Waals surface area contributed by atoms with Crippen molar-refractivity contribution in [3.05, 3.63) is 65.7 Å². The number of carbonyl (C=O) groups is 1. The van der Waals surface area contributed by atoms with E-state index in [9.17, 15) is 18.0 Å². The summed E-state index contributed by atoms with van der Waals surface area (Å²) in [4.78, 5) is 11.6. The van der Waals surface area contributed by atoms with Crippen LogP contribution in [0.4, 0.5) is 13.2 Å². The molecule has 0 atom stereocenters. The second-order valence-corrected chi connectivity index (χ2v) is 4.54. The van der Waals surface area contributed by atoms with E-state index in [1.165, 1.54) is 18.2 Å². The molecule has 22 heavy (non-hydrogen) atoms. The van der Waals surface area contributed by atoms with Gasteiger partial charge in [-0.2, -0.15) is 13.2 Å². The Bertz CT molecular complexity index is 627. The lowest BCUT2D eigenvalue weighted by atomic mass is 10.2. The summed E-state index contributed by atoms with van der Waals surface area (Å²) < 4.78 is 43.3. The lowest BCUT2D eigenvalue weighted by Gasteiger charge is -2.13. The number of nitrogens with one attached hydrogen (secondary N) is 1. The van der Waals surface area contributed by atoms with Gasteiger partial charge in [0, 0.05) is 6.54 Å². The molecule has 0 unspecified atom stereocenters. The standard InChI is InChI=1S/C16H14F3NO2/c17-16(18,19)13-8-4-5-9-14(13)22-11-15(21)20-10-12-6-2-1-3-7-12/h1-9H,10-11H2,(H,20,21). The van der Waals surface area contributed by atoms with Crippen LogP contribution in [0.1, 0.15) is 11.1 Å². The Labute approximate surface area is 125 Å². The largest absolute Gasteiger partial charge is 0.483 e. The molecular formula is C16H14F3NO2. The van der Waals surface area contributed by atoms with E-state index in [1.54, 1.807) is 0 Å². The van der Waals surface area contributed by atoms with E-state index in [0.29, 0.717) is 6.54 Å². The minimum absolute atomic E-state index is 0.296. The Morgan fingerprint density at radius 3 is 2.32 bits per heavy atom. The lowest BCUT2D eigenvalue weighted by molar-refractivity contribution is -0.139. The first-order valence-electron chi connectivity index (χ1n) is 6.56. The zero-order valence-corrected chi connectivity index (χ0v) is 11.6. The first-order valence-corrected chi connectivity index (χ1v) is 6.56. The number of hydrogen-bond donors (Lipinski definition) is 1. The van der Waals surface area contributed by atoms with Gasteiger partial charge in [-0.1, -0.05) is 42.5 Å². The molecule has 0 bridgehead atoms. The fourth-order valence-corrected chi connectivity index (χ4v) is 1.82. The van der Waals surface area contributed by atoms with Crippen molar-refractivity contribution in [2.45, 2.75) is 12.7 Å². The highest BCUT2D eigenvalue weighted by molar-refractivity contribution is 5.77. The summed E-state index contributed by atoms with van der Waals surface area (Å²) in [5, 5.41) is 2.58. The third-order valence-corrected chi connectivity index (χ3v) is 2.88. The van der Waals surface area contributed by atoms with Gasteiger partial charge >= 0.3 is 6.18 Å². The van der Waals surface area contributed by atoms with Gasteiger partial charge in [0.05, 0.1) is 5.56 Å². The summed E-state index contributed by atoms with van der Waals surface area (Å²) in [6.45, 7) is -0.177. The van der Waals surface area contributed by atoms with E-state index in [1.807, 2.05) is 30.3 Å². The first kappa shape index (κ1) is 15.9. The average Bonchev–Trinajstić information content (AvgIpc) is 2.51. The van der Waals surface area contributed by atoms with E-state index >= 15 is 0 Å². The van der Waals surface area contributed by atoms with Crippen molar-refractivity contribution in [3.63, 3.8) is 0 Å². The maximum absolute atomic E-state index is 12.8. The maximum Gasteiger partial charge on any atom is 0.419 e. The Balaban J connectivity index is 1.89. The molecule has 0 aliphatic rings. The van der Waals surface area contributed by atoms with Crippen LogP contribution in [0.3, 0.4) is 0 Å². The number of carbonyl (C=O) groups excluding carboxylic acids is 1. The molecule has 1 N–H and O–H groups in total. The number of amides is 1. The molecule has 2 aromatic rings. The van der Waals surface area contributed by atoms with Crippen LogP contribution < -0.4 is 10.1 Å². The second-order valence-electron chi connectivity index (χ2n) is 4.54. The highest BCUT2D eigenvalue weighted by Gasteiger charge is 2.34. The Morgan fingerprint density at radius 2 is 1.64 bits per heavy atom. The Hall–Kier alpha value is -2.50. The van der Waals surface area contributed by atoms with Gasteiger partial charge in [-0.3, -0.25) is 4.79 Å². The molecule has 0 saturated carbocycles. The summed E-state index contributed by atoms with van der Waals surface area (Å²) in [5.74, 6) is -0.842. The van der Waals surface area contributed by atoms with E-state index in [4.69, 9.17) is 4.74 Å². The molecular weight excluding hydrogens is 295 g/mol. The van der Waals surface area contributed by atoms with Crippen molar-refractivity contribution in [2.75, 3.05) is 6.61 Å². The SMILES string of the molecule is O=C(COc1ccccc1C(F)(F)F)NCc1ccccc1. The zero-order chi connectivity index (χ0) is 16.0. The molecule has 0 spiro atoms. The summed E-state index contributed by atoms with van der Waals surface area (Å²) >= 11 is 0. The van der Waals surface area contributed by atoms with E-state index < -0.39 is 24.3 Å². The summed E-state index contributed by atoms with van der Waals surface area (Å²) in [6, 6.07) is 14.0. The van der Waals surface area contributed by atoms with Gasteiger partial charge in [0.2, 0.25) is 0 Å². The monoisotopic (exact) mass is 309 g/mol. The molecule has 0 aromatic heterocycles. The van der Waals surface area contributed by atoms with Crippen LogP contribution >= 0.6 is 0 Å². The van der Waals surface area contributed by atoms with Gasteiger partial charge < -0.3 is 10.1 Å². The highest BCUT2D eigenvalue weighted by atomic mass is 19.4. The number of halogens is 3. The number of para-hydroxylation sites is 1. The molecule has 6 heteroatoms. The molecule has 1 amide bonds. The molecule has 0 fully saturated rings. The lowest BCUT2D eigenvalue weighted by Crippen LogP contribution is -2.28. The minimum Gasteiger partial charge on any atom is -0.483 e. The number of alkyl halides is 3. The van der Waals surface area contributed by atoms with Crippen molar-refractivity contribution >= 4 is 5.91 Å². The van der Waals surface area contributed by atoms with Gasteiger partial charge in [0.1, 0.15) is 5.75 Å². The van der Waals surface area contributed by atoms with Gasteiger partial charge in [-0.15, -0.1) is 0 Å². The fourth-order valence-electron chi connectivity index (χ4n) is 1.82. The summed E-state index contributed by atoms with van der Waals surface area (Å²) in [7, 11) is 0. The molecule has 0 aliphatic carbocycles. The first-order chi connectivity index (χ1) is 10.5. The molecule has 2 rings (SSSR count).